The summed E-state index contributed by atoms with van der Waals surface area (Å²) in [7, 11) is 0. The summed E-state index contributed by atoms with van der Waals surface area (Å²) >= 11 is 17.2. The first-order chi connectivity index (χ1) is 7.07. The second-order valence-electron chi connectivity index (χ2n) is 3.82. The van der Waals surface area contributed by atoms with Crippen LogP contribution in [0.4, 0.5) is 13.2 Å². The summed E-state index contributed by atoms with van der Waals surface area (Å²) in [5.41, 5.74) is -1.15. The summed E-state index contributed by atoms with van der Waals surface area (Å²) in [6.07, 6.45) is -6.43. The molecular formula is C8H11Cl3F3NO. The van der Waals surface area contributed by atoms with E-state index < -0.39 is 27.8 Å². The van der Waals surface area contributed by atoms with Crippen molar-refractivity contribution in [1.29, 1.82) is 0 Å². The van der Waals surface area contributed by atoms with E-state index in [0.717, 1.165) is 0 Å². The molecule has 16 heavy (non-hydrogen) atoms. The predicted molar refractivity (Wildman–Crippen MR) is 56.8 cm³/mol. The molecule has 1 aliphatic heterocycles. The zero-order chi connectivity index (χ0) is 12.8. The number of rotatable bonds is 2. The molecule has 0 aromatic carbocycles. The molecule has 0 amide bonds. The molecule has 0 spiro atoms. The van der Waals surface area contributed by atoms with Crippen LogP contribution in [0.5, 0.6) is 0 Å². The molecule has 0 bridgehead atoms. The van der Waals surface area contributed by atoms with Crippen LogP contribution in [0.15, 0.2) is 0 Å². The average Bonchev–Trinajstić information content (AvgIpc) is 2.41. The van der Waals surface area contributed by atoms with Crippen LogP contribution in [0.25, 0.3) is 0 Å². The van der Waals surface area contributed by atoms with E-state index >= 15 is 0 Å². The molecule has 8 heteroatoms. The Hall–Kier alpha value is 0.580. The molecule has 1 rings (SSSR count). The highest BCUT2D eigenvalue weighted by Gasteiger charge is 2.64. The van der Waals surface area contributed by atoms with Crippen molar-refractivity contribution >= 4 is 34.8 Å². The van der Waals surface area contributed by atoms with Crippen molar-refractivity contribution in [2.24, 2.45) is 0 Å². The monoisotopic (exact) mass is 299 g/mol. The molecule has 0 aromatic heterocycles. The van der Waals surface area contributed by atoms with E-state index in [1.54, 1.807) is 6.92 Å². The highest BCUT2D eigenvalue weighted by Crippen LogP contribution is 2.48. The van der Waals surface area contributed by atoms with Crippen molar-refractivity contribution in [3.05, 3.63) is 0 Å². The number of hydrogen-bond donors (Lipinski definition) is 1. The molecule has 0 aliphatic carbocycles. The Kier molecular flexibility index (Phi) is 3.98. The third-order valence-electron chi connectivity index (χ3n) is 2.78. The Morgan fingerprint density at radius 3 is 2.19 bits per heavy atom. The first-order valence-corrected chi connectivity index (χ1v) is 5.81. The minimum Gasteiger partial charge on any atom is -0.327 e. The van der Waals surface area contributed by atoms with Crippen LogP contribution >= 0.6 is 34.8 Å². The highest BCUT2D eigenvalue weighted by atomic mass is 35.5. The van der Waals surface area contributed by atoms with Gasteiger partial charge < -0.3 is 4.74 Å². The molecule has 1 heterocycles. The molecule has 0 saturated carbocycles. The summed E-state index contributed by atoms with van der Waals surface area (Å²) in [5, 5.41) is 0.480. The van der Waals surface area contributed by atoms with Gasteiger partial charge in [-0.2, -0.15) is 13.2 Å². The summed E-state index contributed by atoms with van der Waals surface area (Å²) < 4.78 is 42.3. The zero-order valence-corrected chi connectivity index (χ0v) is 10.8. The molecule has 3 atom stereocenters. The first kappa shape index (κ1) is 14.6. The Balaban J connectivity index is 3.03. The molecular weight excluding hydrogens is 289 g/mol. The average molecular weight is 301 g/mol. The quantitative estimate of drug-likeness (QED) is 0.789. The van der Waals surface area contributed by atoms with Crippen LogP contribution in [-0.4, -0.2) is 27.8 Å². The molecule has 0 aromatic rings. The van der Waals surface area contributed by atoms with Gasteiger partial charge in [0.1, 0.15) is 0 Å². The number of halogens is 6. The summed E-state index contributed by atoms with van der Waals surface area (Å²) in [5.74, 6) is 0. The lowest BCUT2D eigenvalue weighted by Gasteiger charge is -2.36. The lowest BCUT2D eigenvalue weighted by atomic mass is 9.93. The van der Waals surface area contributed by atoms with Gasteiger partial charge in [-0.1, -0.05) is 18.5 Å². The van der Waals surface area contributed by atoms with Crippen molar-refractivity contribution in [1.82, 2.24) is 5.32 Å². The second kappa shape index (κ2) is 4.35. The number of hydrogen-bond acceptors (Lipinski definition) is 2. The number of alkyl halides is 6. The molecule has 1 saturated heterocycles. The minimum absolute atomic E-state index is 0.291. The lowest BCUT2D eigenvalue weighted by molar-refractivity contribution is -0.223. The number of nitrogens with one attached hydrogen (secondary N) is 1. The summed E-state index contributed by atoms with van der Waals surface area (Å²) in [6, 6.07) is 0. The van der Waals surface area contributed by atoms with E-state index in [1.807, 2.05) is 0 Å². The maximum absolute atomic E-state index is 12.5. The SMILES string of the molecule is CCC1(C)NC(C(F)(F)F)OC1(Cl)C(Cl)Cl. The highest BCUT2D eigenvalue weighted by molar-refractivity contribution is 6.49. The van der Waals surface area contributed by atoms with Crippen LogP contribution in [0.3, 0.4) is 0 Å². The van der Waals surface area contributed by atoms with Gasteiger partial charge in [0.05, 0.1) is 5.54 Å². The van der Waals surface area contributed by atoms with Gasteiger partial charge in [0, 0.05) is 0 Å². The van der Waals surface area contributed by atoms with Gasteiger partial charge in [-0.05, 0) is 13.3 Å². The second-order valence-corrected chi connectivity index (χ2v) is 5.47. The van der Waals surface area contributed by atoms with Crippen LogP contribution in [0.1, 0.15) is 20.3 Å². The minimum atomic E-state index is -4.56. The largest absolute Gasteiger partial charge is 0.428 e. The molecule has 1 N–H and O–H groups in total. The topological polar surface area (TPSA) is 21.3 Å². The summed E-state index contributed by atoms with van der Waals surface area (Å²) in [4.78, 5) is -1.28. The van der Waals surface area contributed by atoms with Gasteiger partial charge in [-0.25, -0.2) is 0 Å². The van der Waals surface area contributed by atoms with Crippen LogP contribution in [0.2, 0.25) is 0 Å². The molecule has 3 unspecified atom stereocenters. The van der Waals surface area contributed by atoms with Crippen molar-refractivity contribution in [2.45, 2.75) is 48.1 Å². The van der Waals surface area contributed by atoms with E-state index in [-0.39, 0.29) is 0 Å². The fourth-order valence-corrected chi connectivity index (χ4v) is 2.36. The van der Waals surface area contributed by atoms with Gasteiger partial charge in [0.2, 0.25) is 6.23 Å². The molecule has 1 aliphatic rings. The van der Waals surface area contributed by atoms with E-state index in [1.165, 1.54) is 6.92 Å². The fourth-order valence-electron chi connectivity index (χ4n) is 1.50. The number of ether oxygens (including phenoxy) is 1. The third kappa shape index (κ3) is 2.25. The Morgan fingerprint density at radius 2 is 1.94 bits per heavy atom. The van der Waals surface area contributed by atoms with Crippen LogP contribution < -0.4 is 5.32 Å². The van der Waals surface area contributed by atoms with E-state index in [0.29, 0.717) is 6.42 Å². The van der Waals surface area contributed by atoms with Crippen molar-refractivity contribution in [3.63, 3.8) is 0 Å². The normalized spacial score (nSPS) is 40.7. The first-order valence-electron chi connectivity index (χ1n) is 4.56. The van der Waals surface area contributed by atoms with Gasteiger partial charge in [-0.15, -0.1) is 23.2 Å². The van der Waals surface area contributed by atoms with E-state index in [2.05, 4.69) is 5.32 Å². The van der Waals surface area contributed by atoms with E-state index in [9.17, 15) is 13.2 Å². The lowest BCUT2D eigenvalue weighted by Crippen LogP contribution is -2.55. The van der Waals surface area contributed by atoms with Crippen molar-refractivity contribution in [2.75, 3.05) is 0 Å². The predicted octanol–water partition coefficient (Wildman–Crippen LogP) is 3.40. The van der Waals surface area contributed by atoms with Crippen molar-refractivity contribution < 1.29 is 17.9 Å². The summed E-state index contributed by atoms with van der Waals surface area (Å²) in [6.45, 7) is 3.16. The Morgan fingerprint density at radius 1 is 1.44 bits per heavy atom. The van der Waals surface area contributed by atoms with E-state index in [4.69, 9.17) is 39.5 Å². The standard InChI is InChI=1S/C8H11Cl3F3NO/c1-3-6(2)7(11,4(9)10)16-5(15-6)8(12,13)14/h4-5,15H,3H2,1-2H3. The molecule has 0 radical (unpaired) electrons. The van der Waals surface area contributed by atoms with Gasteiger partial charge >= 0.3 is 6.18 Å². The molecule has 2 nitrogen and oxygen atoms in total. The fraction of sp³-hybridized carbons (Fsp3) is 1.00. The molecule has 1 fully saturated rings. The van der Waals surface area contributed by atoms with Gasteiger partial charge in [0.25, 0.3) is 0 Å². The van der Waals surface area contributed by atoms with Gasteiger partial charge in [0.15, 0.2) is 9.90 Å². The van der Waals surface area contributed by atoms with Crippen LogP contribution in [0, 0.1) is 0 Å². The Labute approximate surface area is 106 Å². The van der Waals surface area contributed by atoms with Crippen LogP contribution in [-0.2, 0) is 4.74 Å². The maximum Gasteiger partial charge on any atom is 0.428 e. The van der Waals surface area contributed by atoms with Gasteiger partial charge in [-0.3, -0.25) is 5.32 Å². The smallest absolute Gasteiger partial charge is 0.327 e. The maximum atomic E-state index is 12.5. The Bertz CT molecular complexity index is 276. The zero-order valence-electron chi connectivity index (χ0n) is 8.54. The van der Waals surface area contributed by atoms with Crippen molar-refractivity contribution in [3.8, 4) is 0 Å². The third-order valence-corrected chi connectivity index (χ3v) is 4.34. The molecule has 96 valence electrons.